The molecule has 2 rings (SSSR count). The highest BCUT2D eigenvalue weighted by Gasteiger charge is 2.35. The number of likely N-dealkylation sites (tertiary alicyclic amines) is 1. The number of rotatable bonds is 3. The van der Waals surface area contributed by atoms with E-state index >= 15 is 0 Å². The predicted octanol–water partition coefficient (Wildman–Crippen LogP) is 2.32. The minimum atomic E-state index is -4.43. The van der Waals surface area contributed by atoms with E-state index in [0.29, 0.717) is 13.1 Å². The zero-order valence-corrected chi connectivity index (χ0v) is 11.3. The van der Waals surface area contributed by atoms with E-state index in [9.17, 15) is 18.0 Å². The number of nitrogens with zero attached hydrogens (tertiary/aromatic N) is 2. The van der Waals surface area contributed by atoms with E-state index in [4.69, 9.17) is 16.3 Å². The van der Waals surface area contributed by atoms with E-state index in [1.807, 2.05) is 0 Å². The van der Waals surface area contributed by atoms with Crippen molar-refractivity contribution in [3.63, 3.8) is 0 Å². The molecule has 0 aromatic carbocycles. The smallest absolute Gasteiger partial charge is 0.416 e. The molecule has 8 heteroatoms. The van der Waals surface area contributed by atoms with Crippen molar-refractivity contribution >= 4 is 17.5 Å². The van der Waals surface area contributed by atoms with Crippen LogP contribution in [0.1, 0.15) is 12.5 Å². The van der Waals surface area contributed by atoms with Crippen LogP contribution in [0.25, 0.3) is 0 Å². The summed E-state index contributed by atoms with van der Waals surface area (Å²) in [6, 6.07) is 1.72. The van der Waals surface area contributed by atoms with Gasteiger partial charge in [-0.1, -0.05) is 0 Å². The summed E-state index contributed by atoms with van der Waals surface area (Å²) in [4.78, 5) is 16.7. The molecule has 1 atom stereocenters. The maximum atomic E-state index is 12.5. The molecule has 0 spiro atoms. The number of carbonyl (C=O) groups is 1. The number of aromatic nitrogens is 1. The highest BCUT2D eigenvalue weighted by Crippen LogP contribution is 2.31. The van der Waals surface area contributed by atoms with E-state index in [-0.39, 0.29) is 17.9 Å². The Morgan fingerprint density at radius 2 is 2.20 bits per heavy atom. The Bertz CT molecular complexity index is 502. The van der Waals surface area contributed by atoms with Crippen LogP contribution in [-0.2, 0) is 11.0 Å². The summed E-state index contributed by atoms with van der Waals surface area (Å²) in [5, 5.41) is -0.623. The van der Waals surface area contributed by atoms with Crippen molar-refractivity contribution in [2.75, 3.05) is 13.1 Å². The quantitative estimate of drug-likeness (QED) is 0.805. The van der Waals surface area contributed by atoms with Gasteiger partial charge in [-0.2, -0.15) is 13.2 Å². The van der Waals surface area contributed by atoms with Gasteiger partial charge in [0, 0.05) is 12.3 Å². The van der Waals surface area contributed by atoms with Gasteiger partial charge in [0.2, 0.25) is 11.8 Å². The van der Waals surface area contributed by atoms with E-state index in [0.717, 1.165) is 18.3 Å². The molecule has 1 amide bonds. The third kappa shape index (κ3) is 3.33. The molecule has 1 aliphatic rings. The molecule has 0 radical (unpaired) electrons. The molecule has 0 N–H and O–H groups in total. The maximum absolute atomic E-state index is 12.5. The fourth-order valence-electron chi connectivity index (χ4n) is 1.77. The fourth-order valence-corrected chi connectivity index (χ4v) is 1.90. The number of alkyl halides is 4. The molecule has 2 heterocycles. The molecule has 1 aromatic rings. The lowest BCUT2D eigenvalue weighted by Gasteiger charge is -2.39. The third-order valence-electron chi connectivity index (χ3n) is 2.85. The summed E-state index contributed by atoms with van der Waals surface area (Å²) in [5.41, 5.74) is -0.816. The largest absolute Gasteiger partial charge is 0.471 e. The highest BCUT2D eigenvalue weighted by atomic mass is 35.5. The number of ether oxygens (including phenoxy) is 1. The third-order valence-corrected chi connectivity index (χ3v) is 3.04. The molecular weight excluding hydrogens is 297 g/mol. The normalized spacial score (nSPS) is 17.6. The number of hydrogen-bond donors (Lipinski definition) is 0. The van der Waals surface area contributed by atoms with Crippen molar-refractivity contribution < 1.29 is 22.7 Å². The molecule has 0 saturated carbocycles. The topological polar surface area (TPSA) is 42.4 Å². The number of halogens is 4. The average molecular weight is 309 g/mol. The van der Waals surface area contributed by atoms with Crippen molar-refractivity contribution in [2.24, 2.45) is 0 Å². The Hall–Kier alpha value is -1.50. The molecular formula is C12H12ClF3N2O2. The summed E-state index contributed by atoms with van der Waals surface area (Å²) < 4.78 is 42.8. The molecule has 1 unspecified atom stereocenters. The van der Waals surface area contributed by atoms with Crippen molar-refractivity contribution in [1.82, 2.24) is 9.88 Å². The van der Waals surface area contributed by atoms with Gasteiger partial charge in [0.25, 0.3) is 0 Å². The number of hydrogen-bond acceptors (Lipinski definition) is 3. The second kappa shape index (κ2) is 5.47. The van der Waals surface area contributed by atoms with Gasteiger partial charge in [-0.3, -0.25) is 4.79 Å². The van der Waals surface area contributed by atoms with Crippen LogP contribution in [0.4, 0.5) is 13.2 Å². The van der Waals surface area contributed by atoms with E-state index < -0.39 is 17.1 Å². The molecule has 1 aromatic heterocycles. The molecule has 0 aliphatic carbocycles. The van der Waals surface area contributed by atoms with Gasteiger partial charge >= 0.3 is 6.18 Å². The first-order chi connectivity index (χ1) is 9.27. The summed E-state index contributed by atoms with van der Waals surface area (Å²) in [5.74, 6) is -0.320. The fraction of sp³-hybridized carbons (Fsp3) is 0.500. The first-order valence-corrected chi connectivity index (χ1v) is 6.34. The molecule has 0 bridgehead atoms. The lowest BCUT2D eigenvalue weighted by molar-refractivity contribution is -0.139. The number of pyridine rings is 1. The predicted molar refractivity (Wildman–Crippen MR) is 65.6 cm³/mol. The van der Waals surface area contributed by atoms with Crippen LogP contribution in [-0.4, -0.2) is 40.4 Å². The Labute approximate surface area is 118 Å². The minimum absolute atomic E-state index is 0.101. The molecule has 1 saturated heterocycles. The zero-order valence-electron chi connectivity index (χ0n) is 10.5. The molecule has 1 fully saturated rings. The highest BCUT2D eigenvalue weighted by molar-refractivity contribution is 6.30. The van der Waals surface area contributed by atoms with E-state index in [2.05, 4.69) is 4.98 Å². The van der Waals surface area contributed by atoms with Gasteiger partial charge in [-0.15, -0.1) is 11.6 Å². The van der Waals surface area contributed by atoms with Crippen LogP contribution in [0.3, 0.4) is 0 Å². The summed E-state index contributed by atoms with van der Waals surface area (Å²) in [6.07, 6.45) is -3.75. The van der Waals surface area contributed by atoms with Gasteiger partial charge in [-0.05, 0) is 13.0 Å². The van der Waals surface area contributed by atoms with Crippen LogP contribution in [0.15, 0.2) is 18.3 Å². The first kappa shape index (κ1) is 14.9. The van der Waals surface area contributed by atoms with Crippen molar-refractivity contribution in [1.29, 1.82) is 0 Å². The first-order valence-electron chi connectivity index (χ1n) is 5.90. The second-order valence-corrected chi connectivity index (χ2v) is 5.13. The Morgan fingerprint density at radius 3 is 2.75 bits per heavy atom. The van der Waals surface area contributed by atoms with Crippen LogP contribution >= 0.6 is 11.6 Å². The van der Waals surface area contributed by atoms with Crippen molar-refractivity contribution in [3.8, 4) is 5.88 Å². The second-order valence-electron chi connectivity index (χ2n) is 4.48. The van der Waals surface area contributed by atoms with Gasteiger partial charge in [0.05, 0.1) is 18.7 Å². The lowest BCUT2D eigenvalue weighted by Crippen LogP contribution is -2.57. The number of carbonyl (C=O) groups excluding carboxylic acids is 1. The van der Waals surface area contributed by atoms with Crippen molar-refractivity contribution in [2.45, 2.75) is 24.6 Å². The molecule has 4 nitrogen and oxygen atoms in total. The van der Waals surface area contributed by atoms with E-state index in [1.165, 1.54) is 4.90 Å². The summed E-state index contributed by atoms with van der Waals surface area (Å²) >= 11 is 5.65. The molecule has 110 valence electrons. The van der Waals surface area contributed by atoms with Crippen LogP contribution in [0.5, 0.6) is 5.88 Å². The number of amides is 1. The minimum Gasteiger partial charge on any atom is -0.471 e. The van der Waals surface area contributed by atoms with Gasteiger partial charge in [-0.25, -0.2) is 4.98 Å². The zero-order chi connectivity index (χ0) is 14.9. The SMILES string of the molecule is CC(Cl)C(=O)N1CC(Oc2cc(C(F)(F)F)ccn2)C1. The molecule has 20 heavy (non-hydrogen) atoms. The maximum Gasteiger partial charge on any atom is 0.416 e. The van der Waals surface area contributed by atoms with Crippen LogP contribution in [0.2, 0.25) is 0 Å². The standard InChI is InChI=1S/C12H12ClF3N2O2/c1-7(13)11(19)18-5-9(6-18)20-10-4-8(2-3-17-10)12(14,15)16/h2-4,7,9H,5-6H2,1H3. The van der Waals surface area contributed by atoms with Gasteiger partial charge in [0.15, 0.2) is 0 Å². The van der Waals surface area contributed by atoms with E-state index in [1.54, 1.807) is 6.92 Å². The lowest BCUT2D eigenvalue weighted by atomic mass is 10.1. The van der Waals surface area contributed by atoms with Crippen LogP contribution < -0.4 is 4.74 Å². The van der Waals surface area contributed by atoms with Crippen molar-refractivity contribution in [3.05, 3.63) is 23.9 Å². The Balaban J connectivity index is 1.92. The summed E-state index contributed by atoms with van der Waals surface area (Å²) in [6.45, 7) is 2.16. The van der Waals surface area contributed by atoms with Gasteiger partial charge in [0.1, 0.15) is 11.5 Å². The monoisotopic (exact) mass is 308 g/mol. The van der Waals surface area contributed by atoms with Crippen LogP contribution in [0, 0.1) is 0 Å². The molecule has 1 aliphatic heterocycles. The Morgan fingerprint density at radius 1 is 1.55 bits per heavy atom. The average Bonchev–Trinajstić information content (AvgIpc) is 2.31. The van der Waals surface area contributed by atoms with Gasteiger partial charge < -0.3 is 9.64 Å². The summed E-state index contributed by atoms with van der Waals surface area (Å²) in [7, 11) is 0. The Kier molecular flexibility index (Phi) is 4.08.